The summed E-state index contributed by atoms with van der Waals surface area (Å²) in [5.74, 6) is -0.00551. The van der Waals surface area contributed by atoms with Crippen LogP contribution in [0.1, 0.15) is 10.4 Å². The van der Waals surface area contributed by atoms with Crippen LogP contribution in [0, 0.1) is 5.82 Å². The van der Waals surface area contributed by atoms with E-state index in [-0.39, 0.29) is 16.8 Å². The maximum atomic E-state index is 13.5. The van der Waals surface area contributed by atoms with Crippen molar-refractivity contribution in [3.63, 3.8) is 0 Å². The molecule has 1 heterocycles. The number of carbonyl (C=O) groups excluding carboxylic acids is 1. The van der Waals surface area contributed by atoms with Gasteiger partial charge in [-0.2, -0.15) is 0 Å². The third kappa shape index (κ3) is 1.67. The Morgan fingerprint density at radius 2 is 2.31 bits per heavy atom. The molecule has 0 bridgehead atoms. The topological polar surface area (TPSA) is 52.3 Å². The zero-order valence-corrected chi connectivity index (χ0v) is 8.44. The Morgan fingerprint density at radius 1 is 1.50 bits per heavy atom. The normalized spacial score (nSPS) is 10.1. The number of hydrogen-bond acceptors (Lipinski definition) is 4. The number of methoxy groups -OCH3 is 1. The van der Waals surface area contributed by atoms with Crippen LogP contribution in [-0.2, 0) is 0 Å². The highest BCUT2D eigenvalue weighted by molar-refractivity contribution is 5.85. The molecule has 1 aromatic heterocycles. The molecule has 0 aliphatic carbocycles. The Morgan fingerprint density at radius 3 is 3.00 bits per heavy atom. The predicted molar refractivity (Wildman–Crippen MR) is 53.8 cm³/mol. The van der Waals surface area contributed by atoms with Crippen molar-refractivity contribution in [3.05, 3.63) is 35.8 Å². The number of halogens is 1. The summed E-state index contributed by atoms with van der Waals surface area (Å²) in [4.78, 5) is 10.7. The minimum Gasteiger partial charge on any atom is -0.497 e. The molecule has 82 valence electrons. The first-order chi connectivity index (χ1) is 7.76. The number of rotatable bonds is 3. The fourth-order valence-corrected chi connectivity index (χ4v) is 1.35. The average molecular weight is 221 g/mol. The van der Waals surface area contributed by atoms with Crippen molar-refractivity contribution in [3.8, 4) is 17.0 Å². The fourth-order valence-electron chi connectivity index (χ4n) is 1.35. The molecule has 0 aliphatic rings. The third-order valence-electron chi connectivity index (χ3n) is 2.15. The minimum atomic E-state index is -0.488. The van der Waals surface area contributed by atoms with Crippen molar-refractivity contribution in [1.29, 1.82) is 0 Å². The molecule has 4 nitrogen and oxygen atoms in total. The van der Waals surface area contributed by atoms with Crippen LogP contribution in [0.3, 0.4) is 0 Å². The van der Waals surface area contributed by atoms with Gasteiger partial charge in [0.15, 0.2) is 6.29 Å². The lowest BCUT2D eigenvalue weighted by atomic mass is 10.1. The highest BCUT2D eigenvalue weighted by atomic mass is 19.1. The van der Waals surface area contributed by atoms with Gasteiger partial charge in [-0.05, 0) is 18.2 Å². The summed E-state index contributed by atoms with van der Waals surface area (Å²) in [5, 5.41) is 3.59. The summed E-state index contributed by atoms with van der Waals surface area (Å²) in [7, 11) is 1.47. The van der Waals surface area contributed by atoms with E-state index in [0.717, 1.165) is 0 Å². The first-order valence-electron chi connectivity index (χ1n) is 4.49. The second-order valence-electron chi connectivity index (χ2n) is 3.08. The third-order valence-corrected chi connectivity index (χ3v) is 2.15. The molecule has 2 aromatic rings. The Labute approximate surface area is 90.6 Å². The van der Waals surface area contributed by atoms with Gasteiger partial charge in [-0.15, -0.1) is 0 Å². The van der Waals surface area contributed by atoms with Crippen LogP contribution in [0.25, 0.3) is 11.3 Å². The molecule has 0 saturated carbocycles. The second-order valence-corrected chi connectivity index (χ2v) is 3.08. The quantitative estimate of drug-likeness (QED) is 0.746. The molecular weight excluding hydrogens is 213 g/mol. The number of benzene rings is 1. The van der Waals surface area contributed by atoms with Gasteiger partial charge in [-0.1, -0.05) is 5.16 Å². The Bertz CT molecular complexity index is 522. The van der Waals surface area contributed by atoms with Gasteiger partial charge in [-0.25, -0.2) is 4.39 Å². The molecule has 0 radical (unpaired) electrons. The van der Waals surface area contributed by atoms with Crippen LogP contribution in [0.2, 0.25) is 0 Å². The van der Waals surface area contributed by atoms with E-state index in [2.05, 4.69) is 9.68 Å². The standard InChI is InChI=1S/C11H8FNO3/c1-15-8-2-3-10(12)9(4-8)11-7(5-14)6-16-13-11/h2-6H,1H3. The van der Waals surface area contributed by atoms with Gasteiger partial charge in [0, 0.05) is 5.56 Å². The van der Waals surface area contributed by atoms with Gasteiger partial charge >= 0.3 is 0 Å². The molecule has 0 spiro atoms. The number of carbonyl (C=O) groups is 1. The van der Waals surface area contributed by atoms with Crippen molar-refractivity contribution in [2.45, 2.75) is 0 Å². The maximum Gasteiger partial charge on any atom is 0.155 e. The van der Waals surface area contributed by atoms with Crippen LogP contribution >= 0.6 is 0 Å². The summed E-state index contributed by atoms with van der Waals surface area (Å²) >= 11 is 0. The van der Waals surface area contributed by atoms with Crippen molar-refractivity contribution in [1.82, 2.24) is 5.16 Å². The number of aldehydes is 1. The van der Waals surface area contributed by atoms with Gasteiger partial charge < -0.3 is 9.26 Å². The smallest absolute Gasteiger partial charge is 0.155 e. The highest BCUT2D eigenvalue weighted by Gasteiger charge is 2.14. The molecule has 1 aromatic carbocycles. The molecule has 16 heavy (non-hydrogen) atoms. The van der Waals surface area contributed by atoms with Crippen LogP contribution in [-0.4, -0.2) is 18.6 Å². The van der Waals surface area contributed by atoms with Gasteiger partial charge in [0.1, 0.15) is 23.5 Å². The summed E-state index contributed by atoms with van der Waals surface area (Å²) in [6.45, 7) is 0. The molecule has 5 heteroatoms. The number of aromatic nitrogens is 1. The van der Waals surface area contributed by atoms with Crippen molar-refractivity contribution in [2.24, 2.45) is 0 Å². The summed E-state index contributed by atoms with van der Waals surface area (Å²) in [6, 6.07) is 4.19. The van der Waals surface area contributed by atoms with Crippen LogP contribution in [0.15, 0.2) is 29.0 Å². The Kier molecular flexibility index (Phi) is 2.68. The molecule has 2 rings (SSSR count). The molecule has 0 unspecified atom stereocenters. The molecule has 0 atom stereocenters. The maximum absolute atomic E-state index is 13.5. The lowest BCUT2D eigenvalue weighted by Gasteiger charge is -2.03. The van der Waals surface area contributed by atoms with E-state index >= 15 is 0 Å². The average Bonchev–Trinajstić information content (AvgIpc) is 2.77. The van der Waals surface area contributed by atoms with E-state index in [1.165, 1.54) is 31.6 Å². The zero-order chi connectivity index (χ0) is 11.5. The minimum absolute atomic E-state index is 0.173. The number of nitrogens with zero attached hydrogens (tertiary/aromatic N) is 1. The van der Waals surface area contributed by atoms with Gasteiger partial charge in [0.2, 0.25) is 0 Å². The molecule has 0 N–H and O–H groups in total. The fraction of sp³-hybridized carbons (Fsp3) is 0.0909. The first-order valence-corrected chi connectivity index (χ1v) is 4.49. The van der Waals surface area contributed by atoms with Gasteiger partial charge in [-0.3, -0.25) is 4.79 Å². The summed E-state index contributed by atoms with van der Waals surface area (Å²) in [5.41, 5.74) is 0.550. The van der Waals surface area contributed by atoms with Crippen molar-refractivity contribution < 1.29 is 18.4 Å². The van der Waals surface area contributed by atoms with Crippen LogP contribution in [0.5, 0.6) is 5.75 Å². The Hall–Kier alpha value is -2.17. The SMILES string of the molecule is COc1ccc(F)c(-c2nocc2C=O)c1. The van der Waals surface area contributed by atoms with E-state index in [1.807, 2.05) is 0 Å². The molecule has 0 fully saturated rings. The lowest BCUT2D eigenvalue weighted by Crippen LogP contribution is -1.91. The molecule has 0 amide bonds. The molecule has 0 aliphatic heterocycles. The second kappa shape index (κ2) is 4.14. The number of ether oxygens (including phenoxy) is 1. The molecule has 0 saturated heterocycles. The summed E-state index contributed by atoms with van der Waals surface area (Å²) < 4.78 is 23.1. The highest BCUT2D eigenvalue weighted by Crippen LogP contribution is 2.27. The van der Waals surface area contributed by atoms with Crippen molar-refractivity contribution in [2.75, 3.05) is 7.11 Å². The predicted octanol–water partition coefficient (Wildman–Crippen LogP) is 2.30. The number of hydrogen-bond donors (Lipinski definition) is 0. The van der Waals surface area contributed by atoms with E-state index in [0.29, 0.717) is 12.0 Å². The largest absolute Gasteiger partial charge is 0.497 e. The van der Waals surface area contributed by atoms with Gasteiger partial charge in [0.05, 0.1) is 12.7 Å². The zero-order valence-electron chi connectivity index (χ0n) is 8.44. The first kappa shape index (κ1) is 10.4. The monoisotopic (exact) mass is 221 g/mol. The molecular formula is C11H8FNO3. The summed E-state index contributed by atoms with van der Waals surface area (Å²) in [6.07, 6.45) is 1.73. The van der Waals surface area contributed by atoms with E-state index in [4.69, 9.17) is 4.74 Å². The van der Waals surface area contributed by atoms with E-state index < -0.39 is 5.82 Å². The van der Waals surface area contributed by atoms with Gasteiger partial charge in [0.25, 0.3) is 0 Å². The van der Waals surface area contributed by atoms with Crippen molar-refractivity contribution >= 4 is 6.29 Å². The van der Waals surface area contributed by atoms with Crippen LogP contribution in [0.4, 0.5) is 4.39 Å². The Balaban J connectivity index is 2.58. The van der Waals surface area contributed by atoms with E-state index in [1.54, 1.807) is 0 Å². The van der Waals surface area contributed by atoms with Crippen LogP contribution < -0.4 is 4.74 Å². The van der Waals surface area contributed by atoms with E-state index in [9.17, 15) is 9.18 Å². The lowest BCUT2D eigenvalue weighted by molar-refractivity contribution is 0.112.